The molecule has 1 aliphatic rings. The van der Waals surface area contributed by atoms with Crippen molar-refractivity contribution >= 4 is 11.3 Å². The van der Waals surface area contributed by atoms with Crippen LogP contribution in [0.15, 0.2) is 6.07 Å². The monoisotopic (exact) mass is 307 g/mol. The van der Waals surface area contributed by atoms with E-state index in [0.717, 1.165) is 0 Å². The van der Waals surface area contributed by atoms with Gasteiger partial charge in [-0.25, -0.2) is 0 Å². The summed E-state index contributed by atoms with van der Waals surface area (Å²) in [4.78, 5) is 3.01. The number of thiophene rings is 1. The summed E-state index contributed by atoms with van der Waals surface area (Å²) < 4.78 is 0. The SMILES string of the molecule is Cc1cc(CCC2(CCNC(C)C)CCCCC2)c(C)s1. The molecule has 0 radical (unpaired) electrons. The maximum absolute atomic E-state index is 3.63. The predicted molar refractivity (Wildman–Crippen MR) is 95.4 cm³/mol. The molecule has 1 saturated carbocycles. The lowest BCUT2D eigenvalue weighted by Crippen LogP contribution is -2.32. The minimum atomic E-state index is 0.614. The lowest BCUT2D eigenvalue weighted by atomic mass is 9.68. The van der Waals surface area contributed by atoms with E-state index in [1.54, 1.807) is 10.4 Å². The van der Waals surface area contributed by atoms with Gasteiger partial charge < -0.3 is 5.32 Å². The number of hydrogen-bond acceptors (Lipinski definition) is 2. The molecule has 2 heteroatoms. The Labute approximate surface area is 135 Å². The van der Waals surface area contributed by atoms with Gasteiger partial charge in [0.25, 0.3) is 0 Å². The fourth-order valence-corrected chi connectivity index (χ4v) is 4.86. The van der Waals surface area contributed by atoms with E-state index in [1.165, 1.54) is 62.8 Å². The van der Waals surface area contributed by atoms with Gasteiger partial charge in [-0.1, -0.05) is 33.1 Å². The van der Waals surface area contributed by atoms with Crippen LogP contribution < -0.4 is 5.32 Å². The first-order chi connectivity index (χ1) is 10.0. The van der Waals surface area contributed by atoms with Crippen LogP contribution >= 0.6 is 11.3 Å². The summed E-state index contributed by atoms with van der Waals surface area (Å²) in [6.45, 7) is 10.2. The Bertz CT molecular complexity index is 427. The Kier molecular flexibility index (Phi) is 6.31. The van der Waals surface area contributed by atoms with Crippen LogP contribution in [-0.4, -0.2) is 12.6 Å². The number of hydrogen-bond donors (Lipinski definition) is 1. The summed E-state index contributed by atoms with van der Waals surface area (Å²) in [5, 5.41) is 3.63. The van der Waals surface area contributed by atoms with E-state index in [-0.39, 0.29) is 0 Å². The normalized spacial score (nSPS) is 18.3. The third kappa shape index (κ3) is 5.10. The zero-order chi connectivity index (χ0) is 15.3. The van der Waals surface area contributed by atoms with Crippen molar-refractivity contribution < 1.29 is 0 Å². The summed E-state index contributed by atoms with van der Waals surface area (Å²) in [7, 11) is 0. The van der Waals surface area contributed by atoms with Gasteiger partial charge in [-0.15, -0.1) is 11.3 Å². The van der Waals surface area contributed by atoms with Gasteiger partial charge in [0.1, 0.15) is 0 Å². The predicted octanol–water partition coefficient (Wildman–Crippen LogP) is 5.64. The second-order valence-corrected chi connectivity index (χ2v) is 8.82. The van der Waals surface area contributed by atoms with Crippen molar-refractivity contribution in [1.29, 1.82) is 0 Å². The third-order valence-electron chi connectivity index (χ3n) is 5.19. The van der Waals surface area contributed by atoms with Crippen molar-refractivity contribution in [2.75, 3.05) is 6.54 Å². The number of aryl methyl sites for hydroxylation is 3. The Morgan fingerprint density at radius 2 is 1.86 bits per heavy atom. The van der Waals surface area contributed by atoms with Crippen LogP contribution in [0.4, 0.5) is 0 Å². The molecule has 0 atom stereocenters. The summed E-state index contributed by atoms with van der Waals surface area (Å²) in [5.74, 6) is 0. The molecule has 1 fully saturated rings. The number of rotatable bonds is 7. The van der Waals surface area contributed by atoms with Gasteiger partial charge in [0.2, 0.25) is 0 Å². The maximum atomic E-state index is 3.63. The molecule has 1 aromatic rings. The summed E-state index contributed by atoms with van der Waals surface area (Å²) in [6, 6.07) is 3.04. The van der Waals surface area contributed by atoms with E-state index in [9.17, 15) is 0 Å². The molecular weight excluding hydrogens is 274 g/mol. The fourth-order valence-electron chi connectivity index (χ4n) is 3.88. The molecule has 2 rings (SSSR count). The molecule has 0 amide bonds. The molecule has 0 bridgehead atoms. The van der Waals surface area contributed by atoms with E-state index in [0.29, 0.717) is 11.5 Å². The molecular formula is C19H33NS. The van der Waals surface area contributed by atoms with Crippen molar-refractivity contribution in [2.45, 2.75) is 85.1 Å². The Hall–Kier alpha value is -0.340. The van der Waals surface area contributed by atoms with Crippen LogP contribution in [0.1, 0.15) is 74.1 Å². The number of nitrogens with one attached hydrogen (secondary N) is 1. The topological polar surface area (TPSA) is 12.0 Å². The molecule has 120 valence electrons. The molecule has 21 heavy (non-hydrogen) atoms. The Balaban J connectivity index is 1.93. The average Bonchev–Trinajstić information content (AvgIpc) is 2.76. The van der Waals surface area contributed by atoms with Crippen molar-refractivity contribution in [3.63, 3.8) is 0 Å². The van der Waals surface area contributed by atoms with Crippen LogP contribution in [0, 0.1) is 19.3 Å². The first-order valence-electron chi connectivity index (χ1n) is 8.80. The van der Waals surface area contributed by atoms with Gasteiger partial charge in [-0.05, 0) is 69.5 Å². The van der Waals surface area contributed by atoms with E-state index in [1.807, 2.05) is 11.3 Å². The highest BCUT2D eigenvalue weighted by molar-refractivity contribution is 7.12. The summed E-state index contributed by atoms with van der Waals surface area (Å²) >= 11 is 1.96. The van der Waals surface area contributed by atoms with E-state index in [4.69, 9.17) is 0 Å². The summed E-state index contributed by atoms with van der Waals surface area (Å²) in [5.41, 5.74) is 2.22. The van der Waals surface area contributed by atoms with Crippen molar-refractivity contribution in [2.24, 2.45) is 5.41 Å². The fraction of sp³-hybridized carbons (Fsp3) is 0.789. The Morgan fingerprint density at radius 3 is 2.43 bits per heavy atom. The largest absolute Gasteiger partial charge is 0.315 e. The second-order valence-electron chi connectivity index (χ2n) is 7.36. The third-order valence-corrected chi connectivity index (χ3v) is 6.20. The van der Waals surface area contributed by atoms with Gasteiger partial charge >= 0.3 is 0 Å². The molecule has 0 aromatic carbocycles. The lowest BCUT2D eigenvalue weighted by Gasteiger charge is -2.38. The van der Waals surface area contributed by atoms with Gasteiger partial charge in [0.15, 0.2) is 0 Å². The van der Waals surface area contributed by atoms with Crippen LogP contribution in [0.3, 0.4) is 0 Å². The molecule has 1 aromatic heterocycles. The molecule has 0 unspecified atom stereocenters. The smallest absolute Gasteiger partial charge is 0.00490 e. The van der Waals surface area contributed by atoms with Crippen molar-refractivity contribution in [3.05, 3.63) is 21.4 Å². The van der Waals surface area contributed by atoms with E-state index < -0.39 is 0 Å². The molecule has 0 spiro atoms. The van der Waals surface area contributed by atoms with E-state index in [2.05, 4.69) is 39.1 Å². The van der Waals surface area contributed by atoms with E-state index >= 15 is 0 Å². The molecule has 1 heterocycles. The van der Waals surface area contributed by atoms with Gasteiger partial charge in [0.05, 0.1) is 0 Å². The maximum Gasteiger partial charge on any atom is 0.00490 e. The first kappa shape index (κ1) is 17.0. The van der Waals surface area contributed by atoms with Crippen LogP contribution in [-0.2, 0) is 6.42 Å². The lowest BCUT2D eigenvalue weighted by molar-refractivity contribution is 0.155. The summed E-state index contributed by atoms with van der Waals surface area (Å²) in [6.07, 6.45) is 11.3. The van der Waals surface area contributed by atoms with Crippen LogP contribution in [0.25, 0.3) is 0 Å². The molecule has 1 nitrogen and oxygen atoms in total. The van der Waals surface area contributed by atoms with Crippen LogP contribution in [0.5, 0.6) is 0 Å². The van der Waals surface area contributed by atoms with Gasteiger partial charge in [-0.2, -0.15) is 0 Å². The quantitative estimate of drug-likeness (QED) is 0.687. The molecule has 0 aliphatic heterocycles. The Morgan fingerprint density at radius 1 is 1.14 bits per heavy atom. The zero-order valence-corrected chi connectivity index (χ0v) is 15.2. The van der Waals surface area contributed by atoms with Gasteiger partial charge in [0, 0.05) is 15.8 Å². The van der Waals surface area contributed by atoms with Crippen molar-refractivity contribution in [3.8, 4) is 0 Å². The zero-order valence-electron chi connectivity index (χ0n) is 14.4. The second kappa shape index (κ2) is 7.78. The minimum Gasteiger partial charge on any atom is -0.315 e. The highest BCUT2D eigenvalue weighted by atomic mass is 32.1. The average molecular weight is 308 g/mol. The standard InChI is InChI=1S/C19H33NS/c1-15(2)20-13-12-19(9-6-5-7-10-19)11-8-18-14-16(3)21-17(18)4/h14-15,20H,5-13H2,1-4H3. The van der Waals surface area contributed by atoms with Crippen LogP contribution in [0.2, 0.25) is 0 Å². The highest BCUT2D eigenvalue weighted by Crippen LogP contribution is 2.43. The minimum absolute atomic E-state index is 0.614. The first-order valence-corrected chi connectivity index (χ1v) is 9.62. The van der Waals surface area contributed by atoms with Gasteiger partial charge in [-0.3, -0.25) is 0 Å². The molecule has 1 aliphatic carbocycles. The van der Waals surface area contributed by atoms with Crippen molar-refractivity contribution in [1.82, 2.24) is 5.32 Å². The molecule has 1 N–H and O–H groups in total. The molecule has 0 saturated heterocycles. The highest BCUT2D eigenvalue weighted by Gasteiger charge is 2.31.